The van der Waals surface area contributed by atoms with E-state index in [0.29, 0.717) is 11.7 Å². The minimum Gasteiger partial charge on any atom is -0.384 e. The third kappa shape index (κ3) is 1.53. The fourth-order valence-corrected chi connectivity index (χ4v) is 1.60. The van der Waals surface area contributed by atoms with E-state index in [-0.39, 0.29) is 0 Å². The zero-order chi connectivity index (χ0) is 7.84. The Morgan fingerprint density at radius 3 is 2.73 bits per heavy atom. The summed E-state index contributed by atoms with van der Waals surface area (Å²) in [4.78, 5) is 4.24. The highest BCUT2D eigenvalue weighted by molar-refractivity contribution is 9.10. The highest BCUT2D eigenvalue weighted by Gasteiger charge is 2.25. The average Bonchev–Trinajstić information content (AvgIpc) is 2.64. The Balaban J connectivity index is 2.39. The lowest BCUT2D eigenvalue weighted by atomic mass is 10.2. The molecule has 0 aliphatic heterocycles. The van der Waals surface area contributed by atoms with Gasteiger partial charge in [0.15, 0.2) is 0 Å². The SMILES string of the molecule is Nc1cc(Br)cc(C2CC2)n1. The maximum atomic E-state index is 5.58. The molecular formula is C8H9BrN2. The van der Waals surface area contributed by atoms with Gasteiger partial charge >= 0.3 is 0 Å². The Bertz CT molecular complexity index is 261. The van der Waals surface area contributed by atoms with Crippen LogP contribution in [0.15, 0.2) is 16.6 Å². The number of nitrogens with two attached hydrogens (primary N) is 1. The maximum absolute atomic E-state index is 5.58. The van der Waals surface area contributed by atoms with E-state index >= 15 is 0 Å². The van der Waals surface area contributed by atoms with Crippen molar-refractivity contribution in [1.29, 1.82) is 0 Å². The molecule has 0 bridgehead atoms. The summed E-state index contributed by atoms with van der Waals surface area (Å²) in [6.45, 7) is 0. The van der Waals surface area contributed by atoms with Crippen molar-refractivity contribution >= 4 is 21.7 Å². The Morgan fingerprint density at radius 1 is 1.45 bits per heavy atom. The molecule has 1 aromatic rings. The van der Waals surface area contributed by atoms with Gasteiger partial charge in [0.1, 0.15) is 5.82 Å². The minimum absolute atomic E-state index is 0.612. The minimum atomic E-state index is 0.612. The zero-order valence-corrected chi connectivity index (χ0v) is 7.63. The normalized spacial score (nSPS) is 16.8. The van der Waals surface area contributed by atoms with Crippen molar-refractivity contribution in [3.8, 4) is 0 Å². The van der Waals surface area contributed by atoms with E-state index in [1.165, 1.54) is 12.8 Å². The average molecular weight is 213 g/mol. The van der Waals surface area contributed by atoms with Gasteiger partial charge in [0.25, 0.3) is 0 Å². The van der Waals surface area contributed by atoms with Crippen LogP contribution >= 0.6 is 15.9 Å². The van der Waals surface area contributed by atoms with E-state index in [2.05, 4.69) is 20.9 Å². The van der Waals surface area contributed by atoms with Crippen molar-refractivity contribution in [3.63, 3.8) is 0 Å². The van der Waals surface area contributed by atoms with E-state index < -0.39 is 0 Å². The van der Waals surface area contributed by atoms with Crippen LogP contribution < -0.4 is 5.73 Å². The third-order valence-electron chi connectivity index (χ3n) is 1.83. The van der Waals surface area contributed by atoms with Gasteiger partial charge in [-0.3, -0.25) is 0 Å². The number of nitrogen functional groups attached to an aromatic ring is 1. The first-order valence-electron chi connectivity index (χ1n) is 3.68. The molecular weight excluding hydrogens is 204 g/mol. The maximum Gasteiger partial charge on any atom is 0.124 e. The molecule has 0 unspecified atom stereocenters. The molecule has 1 fully saturated rings. The molecule has 1 heterocycles. The molecule has 1 aromatic heterocycles. The van der Waals surface area contributed by atoms with Crippen LogP contribution in [0.3, 0.4) is 0 Å². The Morgan fingerprint density at radius 2 is 2.18 bits per heavy atom. The Kier molecular flexibility index (Phi) is 1.60. The summed E-state index contributed by atoms with van der Waals surface area (Å²) in [5.41, 5.74) is 6.72. The van der Waals surface area contributed by atoms with Crippen molar-refractivity contribution in [1.82, 2.24) is 4.98 Å². The quantitative estimate of drug-likeness (QED) is 0.777. The van der Waals surface area contributed by atoms with E-state index in [4.69, 9.17) is 5.73 Å². The van der Waals surface area contributed by atoms with Gasteiger partial charge in [0, 0.05) is 16.1 Å². The lowest BCUT2D eigenvalue weighted by molar-refractivity contribution is 1.02. The van der Waals surface area contributed by atoms with Crippen LogP contribution in [0.2, 0.25) is 0 Å². The molecule has 0 saturated heterocycles. The van der Waals surface area contributed by atoms with Gasteiger partial charge in [0.05, 0.1) is 0 Å². The first-order chi connectivity index (χ1) is 5.25. The largest absolute Gasteiger partial charge is 0.384 e. The second-order valence-electron chi connectivity index (χ2n) is 2.91. The fourth-order valence-electron chi connectivity index (χ4n) is 1.13. The molecule has 3 heteroatoms. The molecule has 58 valence electrons. The number of nitrogens with zero attached hydrogens (tertiary/aromatic N) is 1. The Labute approximate surface area is 73.9 Å². The number of aromatic nitrogens is 1. The van der Waals surface area contributed by atoms with Gasteiger partial charge in [-0.05, 0) is 25.0 Å². The lowest BCUT2D eigenvalue weighted by Crippen LogP contribution is -1.93. The van der Waals surface area contributed by atoms with Gasteiger partial charge < -0.3 is 5.73 Å². The predicted octanol–water partition coefficient (Wildman–Crippen LogP) is 2.30. The van der Waals surface area contributed by atoms with E-state index in [1.807, 2.05) is 12.1 Å². The lowest BCUT2D eigenvalue weighted by Gasteiger charge is -1.99. The number of halogens is 1. The van der Waals surface area contributed by atoms with Crippen LogP contribution in [0, 0.1) is 0 Å². The molecule has 0 atom stereocenters. The standard InChI is InChI=1S/C8H9BrN2/c9-6-3-7(5-1-2-5)11-8(10)4-6/h3-5H,1-2H2,(H2,10,11). The molecule has 11 heavy (non-hydrogen) atoms. The molecule has 2 N–H and O–H groups in total. The van der Waals surface area contributed by atoms with Crippen LogP contribution in [0.25, 0.3) is 0 Å². The summed E-state index contributed by atoms with van der Waals surface area (Å²) in [5, 5.41) is 0. The fraction of sp³-hybridized carbons (Fsp3) is 0.375. The third-order valence-corrected chi connectivity index (χ3v) is 2.28. The van der Waals surface area contributed by atoms with E-state index in [9.17, 15) is 0 Å². The number of hydrogen-bond donors (Lipinski definition) is 1. The van der Waals surface area contributed by atoms with Gasteiger partial charge in [-0.2, -0.15) is 0 Å². The van der Waals surface area contributed by atoms with Crippen molar-refractivity contribution in [2.75, 3.05) is 5.73 Å². The van der Waals surface area contributed by atoms with Gasteiger partial charge in [0.2, 0.25) is 0 Å². The zero-order valence-electron chi connectivity index (χ0n) is 6.05. The molecule has 1 saturated carbocycles. The molecule has 2 nitrogen and oxygen atoms in total. The monoisotopic (exact) mass is 212 g/mol. The van der Waals surface area contributed by atoms with Crippen LogP contribution in [-0.2, 0) is 0 Å². The molecule has 2 rings (SSSR count). The van der Waals surface area contributed by atoms with Crippen LogP contribution in [0.1, 0.15) is 24.5 Å². The van der Waals surface area contributed by atoms with Gasteiger partial charge in [-0.25, -0.2) is 4.98 Å². The first-order valence-corrected chi connectivity index (χ1v) is 4.48. The number of rotatable bonds is 1. The number of anilines is 1. The second-order valence-corrected chi connectivity index (χ2v) is 3.83. The van der Waals surface area contributed by atoms with Crippen LogP contribution in [0.4, 0.5) is 5.82 Å². The highest BCUT2D eigenvalue weighted by Crippen LogP contribution is 2.39. The van der Waals surface area contributed by atoms with Gasteiger partial charge in [-0.15, -0.1) is 0 Å². The van der Waals surface area contributed by atoms with Crippen molar-refractivity contribution in [3.05, 3.63) is 22.3 Å². The number of hydrogen-bond acceptors (Lipinski definition) is 2. The molecule has 1 aliphatic carbocycles. The van der Waals surface area contributed by atoms with Crippen molar-refractivity contribution in [2.24, 2.45) is 0 Å². The molecule has 1 aliphatic rings. The van der Waals surface area contributed by atoms with E-state index in [0.717, 1.165) is 10.2 Å². The summed E-state index contributed by atoms with van der Waals surface area (Å²) in [6, 6.07) is 3.87. The summed E-state index contributed by atoms with van der Waals surface area (Å²) < 4.78 is 1.03. The first kappa shape index (κ1) is 7.10. The highest BCUT2D eigenvalue weighted by atomic mass is 79.9. The number of pyridine rings is 1. The van der Waals surface area contributed by atoms with E-state index in [1.54, 1.807) is 0 Å². The van der Waals surface area contributed by atoms with Crippen LogP contribution in [-0.4, -0.2) is 4.98 Å². The predicted molar refractivity (Wildman–Crippen MR) is 48.3 cm³/mol. The second kappa shape index (κ2) is 2.48. The molecule has 0 amide bonds. The molecule has 0 aromatic carbocycles. The van der Waals surface area contributed by atoms with Crippen molar-refractivity contribution < 1.29 is 0 Å². The van der Waals surface area contributed by atoms with Crippen LogP contribution in [0.5, 0.6) is 0 Å². The van der Waals surface area contributed by atoms with Gasteiger partial charge in [-0.1, -0.05) is 15.9 Å². The molecule has 0 radical (unpaired) electrons. The summed E-state index contributed by atoms with van der Waals surface area (Å²) in [5.74, 6) is 1.29. The summed E-state index contributed by atoms with van der Waals surface area (Å²) in [6.07, 6.45) is 2.53. The molecule has 0 spiro atoms. The summed E-state index contributed by atoms with van der Waals surface area (Å²) >= 11 is 3.39. The summed E-state index contributed by atoms with van der Waals surface area (Å²) in [7, 11) is 0. The Hall–Kier alpha value is -0.570. The topological polar surface area (TPSA) is 38.9 Å². The van der Waals surface area contributed by atoms with Crippen molar-refractivity contribution in [2.45, 2.75) is 18.8 Å². The smallest absolute Gasteiger partial charge is 0.124 e.